The van der Waals surface area contributed by atoms with E-state index in [0.717, 1.165) is 0 Å². The maximum absolute atomic E-state index is 9.66. The molecule has 0 aromatic carbocycles. The molecule has 2 unspecified atom stereocenters. The second-order valence-electron chi connectivity index (χ2n) is 3.52. The summed E-state index contributed by atoms with van der Waals surface area (Å²) >= 11 is 0. The Labute approximate surface area is 81.4 Å². The third kappa shape index (κ3) is 2.22. The van der Waals surface area contributed by atoms with Crippen molar-refractivity contribution in [3.63, 3.8) is 0 Å². The predicted octanol–water partition coefficient (Wildman–Crippen LogP) is -2.63. The number of aliphatic hydroxyl groups excluding tert-OH is 4. The van der Waals surface area contributed by atoms with Gasteiger partial charge in [0.2, 0.25) is 0 Å². The highest BCUT2D eigenvalue weighted by Gasteiger charge is 2.48. The minimum Gasteiger partial charge on any atom is -0.393 e. The van der Waals surface area contributed by atoms with E-state index >= 15 is 0 Å². The molecule has 1 saturated heterocycles. The van der Waals surface area contributed by atoms with Crippen molar-refractivity contribution in [2.45, 2.75) is 36.6 Å². The van der Waals surface area contributed by atoms with Crippen molar-refractivity contribution in [1.82, 2.24) is 0 Å². The molecule has 1 aliphatic rings. The summed E-state index contributed by atoms with van der Waals surface area (Å²) in [4.78, 5) is 0. The lowest BCUT2D eigenvalue weighted by molar-refractivity contribution is -0.327. The fraction of sp³-hybridized carbons (Fsp3) is 0.875. The molecule has 0 bridgehead atoms. The molecule has 5 atom stereocenters. The molecule has 5 N–H and O–H groups in total. The van der Waals surface area contributed by atoms with E-state index in [1.165, 1.54) is 0 Å². The van der Waals surface area contributed by atoms with E-state index in [0.29, 0.717) is 0 Å². The molecular weight excluding hydrogens is 192 g/mol. The standard InChI is InChI=1S/C8H15O6/c1-4(9)2-8(13)7(12)6(11)5(10)3-14-8/h4-7,9-13H,1-3H2/t4?,5-,6+,7-,8?/m1/s1. The molecule has 0 aromatic heterocycles. The van der Waals surface area contributed by atoms with Gasteiger partial charge in [0.05, 0.1) is 12.7 Å². The van der Waals surface area contributed by atoms with E-state index in [1.54, 1.807) is 0 Å². The maximum atomic E-state index is 9.66. The van der Waals surface area contributed by atoms with Gasteiger partial charge in [-0.25, -0.2) is 0 Å². The van der Waals surface area contributed by atoms with Crippen LogP contribution >= 0.6 is 0 Å². The molecule has 0 aliphatic carbocycles. The Bertz CT molecular complexity index is 196. The van der Waals surface area contributed by atoms with Crippen molar-refractivity contribution in [2.24, 2.45) is 0 Å². The van der Waals surface area contributed by atoms with Gasteiger partial charge in [-0.2, -0.15) is 0 Å². The Morgan fingerprint density at radius 2 is 2.00 bits per heavy atom. The summed E-state index contributed by atoms with van der Waals surface area (Å²) in [6.07, 6.45) is -5.86. The molecule has 1 rings (SSSR count). The van der Waals surface area contributed by atoms with Gasteiger partial charge in [0, 0.05) is 6.42 Å². The van der Waals surface area contributed by atoms with Crippen molar-refractivity contribution in [2.75, 3.05) is 6.61 Å². The van der Waals surface area contributed by atoms with Crippen LogP contribution in [0.3, 0.4) is 0 Å². The lowest BCUT2D eigenvalue weighted by Crippen LogP contribution is -2.61. The smallest absolute Gasteiger partial charge is 0.197 e. The van der Waals surface area contributed by atoms with E-state index in [2.05, 4.69) is 6.92 Å². The molecule has 0 amide bonds. The second kappa shape index (κ2) is 4.09. The van der Waals surface area contributed by atoms with Crippen molar-refractivity contribution in [3.05, 3.63) is 6.92 Å². The van der Waals surface area contributed by atoms with E-state index in [1.807, 2.05) is 0 Å². The fourth-order valence-corrected chi connectivity index (χ4v) is 1.41. The van der Waals surface area contributed by atoms with Crippen molar-refractivity contribution < 1.29 is 30.3 Å². The summed E-state index contributed by atoms with van der Waals surface area (Å²) in [6.45, 7) is 2.91. The maximum Gasteiger partial charge on any atom is 0.197 e. The van der Waals surface area contributed by atoms with Gasteiger partial charge in [-0.3, -0.25) is 0 Å². The topological polar surface area (TPSA) is 110 Å². The van der Waals surface area contributed by atoms with Crippen LogP contribution in [-0.2, 0) is 4.74 Å². The van der Waals surface area contributed by atoms with Gasteiger partial charge in [-0.1, -0.05) is 0 Å². The molecule has 6 nitrogen and oxygen atoms in total. The van der Waals surface area contributed by atoms with Gasteiger partial charge < -0.3 is 30.3 Å². The van der Waals surface area contributed by atoms with Crippen LogP contribution in [0.1, 0.15) is 6.42 Å². The van der Waals surface area contributed by atoms with Crippen molar-refractivity contribution in [3.8, 4) is 0 Å². The van der Waals surface area contributed by atoms with Gasteiger partial charge in [0.25, 0.3) is 0 Å². The zero-order valence-electron chi connectivity index (χ0n) is 7.58. The molecule has 1 heterocycles. The Balaban J connectivity index is 2.69. The zero-order valence-corrected chi connectivity index (χ0v) is 7.58. The highest BCUT2D eigenvalue weighted by molar-refractivity contribution is 4.92. The molecule has 1 radical (unpaired) electrons. The van der Waals surface area contributed by atoms with E-state index < -0.39 is 30.2 Å². The molecule has 83 valence electrons. The second-order valence-corrected chi connectivity index (χ2v) is 3.52. The summed E-state index contributed by atoms with van der Waals surface area (Å²) in [5.41, 5.74) is 0. The van der Waals surface area contributed by atoms with E-state index in [-0.39, 0.29) is 13.0 Å². The van der Waals surface area contributed by atoms with Crippen LogP contribution in [0, 0.1) is 6.92 Å². The Hall–Kier alpha value is -0.240. The summed E-state index contributed by atoms with van der Waals surface area (Å²) in [6, 6.07) is 0. The Morgan fingerprint density at radius 1 is 1.43 bits per heavy atom. The van der Waals surface area contributed by atoms with Crippen LogP contribution in [0.15, 0.2) is 0 Å². The minimum absolute atomic E-state index is 0.304. The van der Waals surface area contributed by atoms with Crippen molar-refractivity contribution >= 4 is 0 Å². The fourth-order valence-electron chi connectivity index (χ4n) is 1.41. The first-order chi connectivity index (χ1) is 6.37. The third-order valence-electron chi connectivity index (χ3n) is 2.21. The van der Waals surface area contributed by atoms with Gasteiger partial charge >= 0.3 is 0 Å². The number of hydrogen-bond donors (Lipinski definition) is 5. The first-order valence-electron chi connectivity index (χ1n) is 4.28. The van der Waals surface area contributed by atoms with Gasteiger partial charge in [0.15, 0.2) is 5.79 Å². The molecule has 0 spiro atoms. The van der Waals surface area contributed by atoms with Crippen LogP contribution in [0.4, 0.5) is 0 Å². The predicted molar refractivity (Wildman–Crippen MR) is 44.9 cm³/mol. The van der Waals surface area contributed by atoms with E-state index in [4.69, 9.17) is 14.9 Å². The first-order valence-corrected chi connectivity index (χ1v) is 4.28. The summed E-state index contributed by atoms with van der Waals surface area (Å²) in [5, 5.41) is 46.3. The van der Waals surface area contributed by atoms with Crippen LogP contribution in [-0.4, -0.2) is 62.3 Å². The molecule has 0 saturated carbocycles. The molecular formula is C8H15O6. The number of rotatable bonds is 2. The van der Waals surface area contributed by atoms with Crippen molar-refractivity contribution in [1.29, 1.82) is 0 Å². The van der Waals surface area contributed by atoms with Crippen LogP contribution in [0.5, 0.6) is 0 Å². The number of ether oxygens (including phenoxy) is 1. The Kier molecular flexibility index (Phi) is 3.46. The first kappa shape index (κ1) is 11.8. The summed E-state index contributed by atoms with van der Waals surface area (Å²) in [5.74, 6) is -2.06. The summed E-state index contributed by atoms with van der Waals surface area (Å²) in [7, 11) is 0. The average molecular weight is 207 g/mol. The molecule has 1 aliphatic heterocycles. The van der Waals surface area contributed by atoms with E-state index in [9.17, 15) is 15.3 Å². The summed E-state index contributed by atoms with van der Waals surface area (Å²) < 4.78 is 4.77. The molecule has 14 heavy (non-hydrogen) atoms. The molecule has 1 fully saturated rings. The lowest BCUT2D eigenvalue weighted by Gasteiger charge is -2.42. The quantitative estimate of drug-likeness (QED) is 0.339. The number of hydrogen-bond acceptors (Lipinski definition) is 6. The molecule has 0 aromatic rings. The third-order valence-corrected chi connectivity index (χ3v) is 2.21. The van der Waals surface area contributed by atoms with Crippen LogP contribution < -0.4 is 0 Å². The zero-order chi connectivity index (χ0) is 10.9. The highest BCUT2D eigenvalue weighted by Crippen LogP contribution is 2.27. The van der Waals surface area contributed by atoms with Gasteiger partial charge in [-0.05, 0) is 6.92 Å². The van der Waals surface area contributed by atoms with Crippen LogP contribution in [0.2, 0.25) is 0 Å². The lowest BCUT2D eigenvalue weighted by atomic mass is 9.93. The van der Waals surface area contributed by atoms with Gasteiger partial charge in [-0.15, -0.1) is 0 Å². The average Bonchev–Trinajstić information content (AvgIpc) is 2.08. The minimum atomic E-state index is -2.06. The monoisotopic (exact) mass is 207 g/mol. The SMILES string of the molecule is [CH2]C(O)CC1(O)OC[C@@H](O)[C@H](O)[C@H]1O. The number of aliphatic hydroxyl groups is 5. The Morgan fingerprint density at radius 3 is 2.50 bits per heavy atom. The van der Waals surface area contributed by atoms with Gasteiger partial charge in [0.1, 0.15) is 18.3 Å². The highest BCUT2D eigenvalue weighted by atomic mass is 16.6. The largest absolute Gasteiger partial charge is 0.393 e. The van der Waals surface area contributed by atoms with Crippen LogP contribution in [0.25, 0.3) is 0 Å². The molecule has 6 heteroatoms. The normalized spacial score (nSPS) is 46.3.